The highest BCUT2D eigenvalue weighted by atomic mass is 32.1. The van der Waals surface area contributed by atoms with Crippen molar-refractivity contribution in [3.8, 4) is 21.8 Å². The first-order valence-corrected chi connectivity index (χ1v) is 10.8. The summed E-state index contributed by atoms with van der Waals surface area (Å²) in [7, 11) is 0. The zero-order valence-electron chi connectivity index (χ0n) is 16.9. The number of nitrogens with zero attached hydrogens (tertiary/aromatic N) is 2. The van der Waals surface area contributed by atoms with Gasteiger partial charge in [0.1, 0.15) is 12.4 Å². The molecule has 4 aromatic rings. The summed E-state index contributed by atoms with van der Waals surface area (Å²) in [5.74, 6) is -0.710. The second kappa shape index (κ2) is 9.25. The van der Waals surface area contributed by atoms with Crippen LogP contribution in [0.4, 0.5) is 4.39 Å². The molecular formula is C22H18FN5O2S2. The number of hydrazine groups is 1. The molecule has 0 radical (unpaired) electrons. The Balaban J connectivity index is 1.39. The van der Waals surface area contributed by atoms with Gasteiger partial charge in [-0.15, -0.1) is 11.3 Å². The second-order valence-electron chi connectivity index (χ2n) is 6.98. The lowest BCUT2D eigenvalue weighted by Gasteiger charge is -2.09. The maximum absolute atomic E-state index is 13.1. The lowest BCUT2D eigenvalue weighted by molar-refractivity contribution is -0.122. The van der Waals surface area contributed by atoms with Gasteiger partial charge >= 0.3 is 0 Å². The molecule has 32 heavy (non-hydrogen) atoms. The summed E-state index contributed by atoms with van der Waals surface area (Å²) in [6, 6.07) is 17.1. The van der Waals surface area contributed by atoms with Gasteiger partial charge in [-0.2, -0.15) is 5.10 Å². The van der Waals surface area contributed by atoms with E-state index in [2.05, 4.69) is 21.0 Å². The van der Waals surface area contributed by atoms with Crippen LogP contribution in [0.2, 0.25) is 0 Å². The summed E-state index contributed by atoms with van der Waals surface area (Å²) < 4.78 is 14.9. The number of thiophene rings is 1. The molecule has 162 valence electrons. The molecule has 0 atom stereocenters. The Morgan fingerprint density at radius 1 is 1.03 bits per heavy atom. The zero-order chi connectivity index (χ0) is 22.7. The van der Waals surface area contributed by atoms with Gasteiger partial charge in [0.15, 0.2) is 10.6 Å². The van der Waals surface area contributed by atoms with E-state index in [0.29, 0.717) is 15.5 Å². The largest absolute Gasteiger partial charge is 0.291 e. The van der Waals surface area contributed by atoms with Crippen LogP contribution in [0.15, 0.2) is 60.7 Å². The molecule has 2 aromatic carbocycles. The van der Waals surface area contributed by atoms with Crippen LogP contribution in [0.5, 0.6) is 0 Å². The smallest absolute Gasteiger partial charge is 0.279 e. The van der Waals surface area contributed by atoms with Crippen LogP contribution in [0, 0.1) is 17.5 Å². The van der Waals surface area contributed by atoms with Gasteiger partial charge in [-0.05, 0) is 49.0 Å². The number of halogens is 1. The number of carbonyl (C=O) groups is 2. The summed E-state index contributed by atoms with van der Waals surface area (Å²) in [6.07, 6.45) is 0. The van der Waals surface area contributed by atoms with Crippen LogP contribution in [0.3, 0.4) is 0 Å². The second-order valence-corrected chi connectivity index (χ2v) is 8.45. The maximum atomic E-state index is 13.1. The minimum absolute atomic E-state index is 0.121. The zero-order valence-corrected chi connectivity index (χ0v) is 18.5. The predicted molar refractivity (Wildman–Crippen MR) is 123 cm³/mol. The van der Waals surface area contributed by atoms with Gasteiger partial charge in [-0.25, -0.2) is 4.39 Å². The van der Waals surface area contributed by atoms with Gasteiger partial charge in [0.05, 0.1) is 4.88 Å². The first-order valence-electron chi connectivity index (χ1n) is 9.58. The molecule has 0 saturated carbocycles. The van der Waals surface area contributed by atoms with Crippen molar-refractivity contribution in [1.82, 2.24) is 25.6 Å². The van der Waals surface area contributed by atoms with Crippen molar-refractivity contribution in [1.29, 1.82) is 0 Å². The third-order valence-electron chi connectivity index (χ3n) is 4.64. The number of amides is 2. The molecule has 0 aliphatic heterocycles. The maximum Gasteiger partial charge on any atom is 0.279 e. The Hall–Kier alpha value is -3.63. The van der Waals surface area contributed by atoms with E-state index in [1.807, 2.05) is 31.2 Å². The van der Waals surface area contributed by atoms with Crippen molar-refractivity contribution in [3.63, 3.8) is 0 Å². The van der Waals surface area contributed by atoms with Gasteiger partial charge < -0.3 is 0 Å². The van der Waals surface area contributed by atoms with Crippen molar-refractivity contribution in [3.05, 3.63) is 81.7 Å². The highest BCUT2D eigenvalue weighted by molar-refractivity contribution is 7.71. The number of hydrogen-bond donors (Lipinski definition) is 3. The summed E-state index contributed by atoms with van der Waals surface area (Å²) in [6.45, 7) is 1.86. The number of H-pyrrole nitrogens is 1. The van der Waals surface area contributed by atoms with E-state index in [9.17, 15) is 14.0 Å². The first kappa shape index (κ1) is 21.6. The van der Waals surface area contributed by atoms with Crippen molar-refractivity contribution in [2.24, 2.45) is 0 Å². The third kappa shape index (κ3) is 4.82. The summed E-state index contributed by atoms with van der Waals surface area (Å²) in [5, 5.41) is 6.90. The van der Waals surface area contributed by atoms with Crippen LogP contribution in [0.1, 0.15) is 15.2 Å². The number of benzene rings is 2. The fraction of sp³-hybridized carbons (Fsp3) is 0.0909. The number of aryl methyl sites for hydroxylation is 1. The molecule has 3 N–H and O–H groups in total. The van der Waals surface area contributed by atoms with Crippen LogP contribution >= 0.6 is 23.6 Å². The number of rotatable bonds is 5. The van der Waals surface area contributed by atoms with E-state index >= 15 is 0 Å². The van der Waals surface area contributed by atoms with E-state index in [0.717, 1.165) is 21.6 Å². The number of hydrogen-bond acceptors (Lipinski definition) is 5. The van der Waals surface area contributed by atoms with Gasteiger partial charge in [0, 0.05) is 10.4 Å². The number of aromatic nitrogens is 3. The molecule has 0 fully saturated rings. The van der Waals surface area contributed by atoms with Crippen molar-refractivity contribution in [2.75, 3.05) is 0 Å². The van der Waals surface area contributed by atoms with Gasteiger partial charge in [-0.1, -0.05) is 42.0 Å². The number of nitrogens with one attached hydrogen (secondary N) is 3. The fourth-order valence-corrected chi connectivity index (χ4v) is 4.09. The molecule has 2 amide bonds. The van der Waals surface area contributed by atoms with Crippen LogP contribution in [-0.2, 0) is 11.3 Å². The SMILES string of the molecule is Cc1ccc(-c2n[nH]c(=S)n2CC(=O)NNC(=O)c2ccc(-c3ccc(F)cc3)s2)cc1. The molecule has 2 heterocycles. The molecule has 7 nitrogen and oxygen atoms in total. The predicted octanol–water partition coefficient (Wildman–Crippen LogP) is 4.24. The highest BCUT2D eigenvalue weighted by Gasteiger charge is 2.15. The Morgan fingerprint density at radius 2 is 1.72 bits per heavy atom. The molecule has 10 heteroatoms. The van der Waals surface area contributed by atoms with Crippen molar-refractivity contribution >= 4 is 35.4 Å². The highest BCUT2D eigenvalue weighted by Crippen LogP contribution is 2.28. The Labute approximate surface area is 191 Å². The average Bonchev–Trinajstić information content (AvgIpc) is 3.41. The minimum Gasteiger partial charge on any atom is -0.291 e. The summed E-state index contributed by atoms with van der Waals surface area (Å²) >= 11 is 6.48. The molecule has 2 aromatic heterocycles. The molecule has 0 saturated heterocycles. The number of aromatic amines is 1. The molecular weight excluding hydrogens is 449 g/mol. The van der Waals surface area contributed by atoms with E-state index in [1.54, 1.807) is 28.8 Å². The molecule has 4 rings (SSSR count). The van der Waals surface area contributed by atoms with E-state index in [-0.39, 0.29) is 12.4 Å². The third-order valence-corrected chi connectivity index (χ3v) is 6.09. The fourth-order valence-electron chi connectivity index (χ4n) is 2.99. The van der Waals surface area contributed by atoms with E-state index in [1.165, 1.54) is 23.5 Å². The Morgan fingerprint density at radius 3 is 2.44 bits per heavy atom. The van der Waals surface area contributed by atoms with E-state index < -0.39 is 11.8 Å². The quantitative estimate of drug-likeness (QED) is 0.302. The van der Waals surface area contributed by atoms with Gasteiger partial charge in [0.25, 0.3) is 11.8 Å². The topological polar surface area (TPSA) is 91.8 Å². The molecule has 0 aliphatic carbocycles. The van der Waals surface area contributed by atoms with Crippen molar-refractivity contribution < 1.29 is 14.0 Å². The molecule has 0 aliphatic rings. The Bertz CT molecular complexity index is 1320. The van der Waals surface area contributed by atoms with Crippen LogP contribution in [0.25, 0.3) is 21.8 Å². The first-order chi connectivity index (χ1) is 15.4. The lowest BCUT2D eigenvalue weighted by atomic mass is 10.1. The van der Waals surface area contributed by atoms with E-state index in [4.69, 9.17) is 12.2 Å². The Kier molecular flexibility index (Phi) is 6.24. The van der Waals surface area contributed by atoms with Gasteiger partial charge in [-0.3, -0.25) is 30.1 Å². The number of carbonyl (C=O) groups excluding carboxylic acids is 2. The molecule has 0 bridgehead atoms. The van der Waals surface area contributed by atoms with Crippen molar-refractivity contribution in [2.45, 2.75) is 13.5 Å². The summed E-state index contributed by atoms with van der Waals surface area (Å²) in [5.41, 5.74) is 7.52. The van der Waals surface area contributed by atoms with Crippen LogP contribution < -0.4 is 10.9 Å². The standard InChI is InChI=1S/C22H18FN5O2S2/c1-13-2-4-15(5-3-13)20-25-27-22(31)28(20)12-19(29)24-26-21(30)18-11-10-17(32-18)14-6-8-16(23)9-7-14/h2-11H,12H2,1H3,(H,24,29)(H,26,30)(H,27,31). The minimum atomic E-state index is -0.459. The molecule has 0 unspecified atom stereocenters. The average molecular weight is 468 g/mol. The van der Waals surface area contributed by atoms with Gasteiger partial charge in [0.2, 0.25) is 0 Å². The normalized spacial score (nSPS) is 10.7. The van der Waals surface area contributed by atoms with Crippen LogP contribution in [-0.4, -0.2) is 26.6 Å². The lowest BCUT2D eigenvalue weighted by Crippen LogP contribution is -2.43. The molecule has 0 spiro atoms. The monoisotopic (exact) mass is 467 g/mol. The summed E-state index contributed by atoms with van der Waals surface area (Å²) in [4.78, 5) is 26.1.